The number of halogens is 1. The van der Waals surface area contributed by atoms with Crippen molar-refractivity contribution in [3.63, 3.8) is 0 Å². The van der Waals surface area contributed by atoms with Gasteiger partial charge in [-0.15, -0.1) is 0 Å². The molecule has 2 heterocycles. The van der Waals surface area contributed by atoms with Gasteiger partial charge in [0, 0.05) is 47.5 Å². The van der Waals surface area contributed by atoms with Gasteiger partial charge in [-0.2, -0.15) is 0 Å². The number of nitrogens with one attached hydrogen (secondary N) is 3. The van der Waals surface area contributed by atoms with Crippen molar-refractivity contribution in [2.24, 2.45) is 0 Å². The molecule has 0 aliphatic heterocycles. The van der Waals surface area contributed by atoms with Crippen LogP contribution in [0.5, 0.6) is 0 Å². The average Bonchev–Trinajstić information content (AvgIpc) is 3.13. The van der Waals surface area contributed by atoms with Gasteiger partial charge in [0.25, 0.3) is 0 Å². The molecule has 164 valence electrons. The second kappa shape index (κ2) is 10.2. The van der Waals surface area contributed by atoms with Crippen LogP contribution in [-0.2, 0) is 22.4 Å². The number of rotatable bonds is 11. The summed E-state index contributed by atoms with van der Waals surface area (Å²) in [4.78, 5) is 32.5. The maximum absolute atomic E-state index is 12.7. The molecule has 2 aromatic heterocycles. The SMILES string of the molecule is CN[C@@H](Cc1ccncc1)C(=O)CCNC(C)(Cc1c[nH]c2cc(Cl)ccc12)C(C)=O. The van der Waals surface area contributed by atoms with Crippen molar-refractivity contribution < 1.29 is 9.59 Å². The Kier molecular flexibility index (Phi) is 7.59. The van der Waals surface area contributed by atoms with Crippen LogP contribution >= 0.6 is 11.6 Å². The van der Waals surface area contributed by atoms with E-state index in [1.165, 1.54) is 0 Å². The van der Waals surface area contributed by atoms with E-state index in [1.54, 1.807) is 26.4 Å². The van der Waals surface area contributed by atoms with Crippen LogP contribution in [0.25, 0.3) is 10.9 Å². The largest absolute Gasteiger partial charge is 0.361 e. The summed E-state index contributed by atoms with van der Waals surface area (Å²) in [7, 11) is 1.79. The zero-order valence-electron chi connectivity index (χ0n) is 18.2. The van der Waals surface area contributed by atoms with Gasteiger partial charge in [-0.1, -0.05) is 17.7 Å². The molecule has 1 unspecified atom stereocenters. The Bertz CT molecular complexity index is 1050. The van der Waals surface area contributed by atoms with Crippen molar-refractivity contribution in [1.29, 1.82) is 0 Å². The van der Waals surface area contributed by atoms with Crippen LogP contribution in [0.1, 0.15) is 31.4 Å². The number of nitrogens with zero attached hydrogens (tertiary/aromatic N) is 1. The molecular weight excluding hydrogens is 412 g/mol. The minimum Gasteiger partial charge on any atom is -0.361 e. The molecule has 3 rings (SSSR count). The second-order valence-electron chi connectivity index (χ2n) is 8.11. The van der Waals surface area contributed by atoms with Crippen molar-refractivity contribution in [3.8, 4) is 0 Å². The monoisotopic (exact) mass is 440 g/mol. The third kappa shape index (κ3) is 5.79. The van der Waals surface area contributed by atoms with Gasteiger partial charge in [0.1, 0.15) is 5.78 Å². The van der Waals surface area contributed by atoms with Crippen molar-refractivity contribution >= 4 is 34.1 Å². The summed E-state index contributed by atoms with van der Waals surface area (Å²) in [6.45, 7) is 3.90. The number of carbonyl (C=O) groups is 2. The summed E-state index contributed by atoms with van der Waals surface area (Å²) in [5.74, 6) is 0.143. The van der Waals surface area contributed by atoms with E-state index in [0.717, 1.165) is 22.0 Å². The third-order valence-electron chi connectivity index (χ3n) is 5.86. The lowest BCUT2D eigenvalue weighted by Crippen LogP contribution is -2.51. The molecule has 3 aromatic rings. The Balaban J connectivity index is 1.62. The summed E-state index contributed by atoms with van der Waals surface area (Å²) < 4.78 is 0. The lowest BCUT2D eigenvalue weighted by atomic mass is 9.88. The molecule has 0 aliphatic rings. The highest BCUT2D eigenvalue weighted by Crippen LogP contribution is 2.25. The van der Waals surface area contributed by atoms with Crippen LogP contribution in [0, 0.1) is 0 Å². The maximum atomic E-state index is 12.7. The Morgan fingerprint density at radius 1 is 1.23 bits per heavy atom. The van der Waals surface area contributed by atoms with Gasteiger partial charge in [-0.25, -0.2) is 0 Å². The van der Waals surface area contributed by atoms with E-state index in [2.05, 4.69) is 20.6 Å². The molecule has 6 nitrogen and oxygen atoms in total. The highest BCUT2D eigenvalue weighted by molar-refractivity contribution is 6.31. The highest BCUT2D eigenvalue weighted by Gasteiger charge is 2.31. The van der Waals surface area contributed by atoms with Gasteiger partial charge in [-0.05, 0) is 69.1 Å². The fourth-order valence-corrected chi connectivity index (χ4v) is 3.94. The van der Waals surface area contributed by atoms with Crippen LogP contribution in [0.2, 0.25) is 5.02 Å². The first-order valence-electron chi connectivity index (χ1n) is 10.4. The molecular formula is C24H29ClN4O2. The average molecular weight is 441 g/mol. The first-order valence-corrected chi connectivity index (χ1v) is 10.8. The summed E-state index contributed by atoms with van der Waals surface area (Å²) >= 11 is 6.07. The number of aromatic amines is 1. The predicted octanol–water partition coefficient (Wildman–Crippen LogP) is 3.49. The number of carbonyl (C=O) groups excluding carboxylic acids is 2. The second-order valence-corrected chi connectivity index (χ2v) is 8.55. The van der Waals surface area contributed by atoms with E-state index in [1.807, 2.05) is 43.5 Å². The Hall–Kier alpha value is -2.54. The van der Waals surface area contributed by atoms with Gasteiger partial charge in [0.2, 0.25) is 0 Å². The Morgan fingerprint density at radius 3 is 2.65 bits per heavy atom. The predicted molar refractivity (Wildman–Crippen MR) is 125 cm³/mol. The number of ketones is 2. The lowest BCUT2D eigenvalue weighted by molar-refractivity contribution is -0.124. The van der Waals surface area contributed by atoms with Gasteiger partial charge in [0.15, 0.2) is 5.78 Å². The van der Waals surface area contributed by atoms with Gasteiger partial charge >= 0.3 is 0 Å². The number of likely N-dealkylation sites (N-methyl/N-ethyl adjacent to an activating group) is 1. The Morgan fingerprint density at radius 2 is 1.97 bits per heavy atom. The van der Waals surface area contributed by atoms with Crippen molar-refractivity contribution in [1.82, 2.24) is 20.6 Å². The number of fused-ring (bicyclic) bond motifs is 1. The highest BCUT2D eigenvalue weighted by atomic mass is 35.5. The molecule has 7 heteroatoms. The third-order valence-corrected chi connectivity index (χ3v) is 6.10. The van der Waals surface area contributed by atoms with Gasteiger partial charge in [0.05, 0.1) is 11.6 Å². The molecule has 0 saturated heterocycles. The van der Waals surface area contributed by atoms with Crippen LogP contribution in [-0.4, -0.2) is 46.7 Å². The molecule has 0 spiro atoms. The molecule has 1 aromatic carbocycles. The molecule has 0 saturated carbocycles. The summed E-state index contributed by atoms with van der Waals surface area (Å²) in [5.41, 5.74) is 2.27. The normalized spacial score (nSPS) is 14.3. The topological polar surface area (TPSA) is 86.9 Å². The number of Topliss-reactive ketones (excluding diaryl/α,β-unsaturated/α-hetero) is 2. The molecule has 0 bridgehead atoms. The molecule has 0 aliphatic carbocycles. The van der Waals surface area contributed by atoms with E-state index in [0.29, 0.717) is 30.8 Å². The molecule has 31 heavy (non-hydrogen) atoms. The first kappa shape index (κ1) is 23.1. The van der Waals surface area contributed by atoms with E-state index < -0.39 is 5.54 Å². The minimum atomic E-state index is -0.769. The number of hydrogen-bond acceptors (Lipinski definition) is 5. The smallest absolute Gasteiger partial charge is 0.151 e. The summed E-state index contributed by atoms with van der Waals surface area (Å²) in [6, 6.07) is 9.24. The number of aromatic nitrogens is 2. The quantitative estimate of drug-likeness (QED) is 0.425. The number of H-pyrrole nitrogens is 1. The fraction of sp³-hybridized carbons (Fsp3) is 0.375. The van der Waals surface area contributed by atoms with E-state index >= 15 is 0 Å². The summed E-state index contributed by atoms with van der Waals surface area (Å²) in [6.07, 6.45) is 6.84. The van der Waals surface area contributed by atoms with E-state index in [4.69, 9.17) is 11.6 Å². The fourth-order valence-electron chi connectivity index (χ4n) is 3.76. The number of pyridine rings is 1. The van der Waals surface area contributed by atoms with Crippen molar-refractivity contribution in [2.75, 3.05) is 13.6 Å². The molecule has 0 amide bonds. The Labute approximate surface area is 187 Å². The maximum Gasteiger partial charge on any atom is 0.151 e. The molecule has 3 N–H and O–H groups in total. The van der Waals surface area contributed by atoms with Crippen LogP contribution in [0.4, 0.5) is 0 Å². The van der Waals surface area contributed by atoms with Crippen LogP contribution in [0.3, 0.4) is 0 Å². The van der Waals surface area contributed by atoms with Crippen LogP contribution < -0.4 is 10.6 Å². The minimum absolute atomic E-state index is 0.0326. The molecule has 2 atom stereocenters. The zero-order valence-corrected chi connectivity index (χ0v) is 18.9. The molecule has 0 radical (unpaired) electrons. The number of benzene rings is 1. The van der Waals surface area contributed by atoms with E-state index in [-0.39, 0.29) is 17.6 Å². The van der Waals surface area contributed by atoms with Gasteiger partial charge < -0.3 is 15.6 Å². The first-order chi connectivity index (χ1) is 14.8. The van der Waals surface area contributed by atoms with E-state index in [9.17, 15) is 9.59 Å². The number of hydrogen-bond donors (Lipinski definition) is 3. The van der Waals surface area contributed by atoms with Crippen molar-refractivity contribution in [2.45, 2.75) is 44.7 Å². The van der Waals surface area contributed by atoms with Crippen LogP contribution in [0.15, 0.2) is 48.9 Å². The molecule has 0 fully saturated rings. The van der Waals surface area contributed by atoms with Crippen molar-refractivity contribution in [3.05, 3.63) is 65.1 Å². The van der Waals surface area contributed by atoms with Gasteiger partial charge in [-0.3, -0.25) is 14.6 Å². The lowest BCUT2D eigenvalue weighted by Gasteiger charge is -2.28. The zero-order chi connectivity index (χ0) is 22.4. The summed E-state index contributed by atoms with van der Waals surface area (Å²) in [5, 5.41) is 8.15. The standard InChI is InChI=1S/C24H29ClN4O2/c1-16(30)24(2,14-18-15-28-21-13-19(25)4-5-20(18)21)29-11-8-23(31)22(26-3)12-17-6-9-27-10-7-17/h4-7,9-10,13,15,22,26,28-29H,8,11-12,14H2,1-3H3/t22-,24?/m0/s1.